The number of carbonyl (C=O) groups is 2. The Hall–Kier alpha value is -2.08. The van der Waals surface area contributed by atoms with Crippen LogP contribution in [0.5, 0.6) is 0 Å². The summed E-state index contributed by atoms with van der Waals surface area (Å²) in [7, 11) is 0. The molecule has 3 rings (SSSR count). The highest BCUT2D eigenvalue weighted by atomic mass is 16.2. The van der Waals surface area contributed by atoms with E-state index in [1.165, 1.54) is 37.9 Å². The number of amides is 3. The molecule has 2 heterocycles. The number of anilines is 1. The fourth-order valence-electron chi connectivity index (χ4n) is 3.86. The van der Waals surface area contributed by atoms with Gasteiger partial charge in [-0.1, -0.05) is 17.7 Å². The molecule has 142 valence electrons. The normalized spacial score (nSPS) is 21.0. The van der Waals surface area contributed by atoms with Crippen LogP contribution in [-0.4, -0.2) is 50.7 Å². The van der Waals surface area contributed by atoms with E-state index in [9.17, 15) is 9.59 Å². The van der Waals surface area contributed by atoms with E-state index in [2.05, 4.69) is 10.6 Å². The number of nitrogens with zero attached hydrogens (tertiary/aromatic N) is 1. The summed E-state index contributed by atoms with van der Waals surface area (Å²) in [5, 5.41) is 5.87. The fraction of sp³-hybridized carbons (Fsp3) is 0.600. The minimum atomic E-state index is -0.165. The summed E-state index contributed by atoms with van der Waals surface area (Å²) in [6.07, 6.45) is 5.39. The number of hydrogen-bond acceptors (Lipinski definition) is 2. The molecule has 2 saturated heterocycles. The molecule has 1 atom stereocenters. The van der Waals surface area contributed by atoms with Crippen molar-refractivity contribution < 1.29 is 14.5 Å². The maximum Gasteiger partial charge on any atom is 0.315 e. The van der Waals surface area contributed by atoms with Crippen molar-refractivity contribution in [2.24, 2.45) is 0 Å². The number of benzene rings is 1. The molecule has 6 nitrogen and oxygen atoms in total. The molecule has 2 aliphatic heterocycles. The van der Waals surface area contributed by atoms with Gasteiger partial charge >= 0.3 is 6.03 Å². The van der Waals surface area contributed by atoms with Gasteiger partial charge in [0.25, 0.3) is 0 Å². The van der Waals surface area contributed by atoms with Gasteiger partial charge in [0.2, 0.25) is 5.91 Å². The van der Waals surface area contributed by atoms with E-state index >= 15 is 0 Å². The van der Waals surface area contributed by atoms with E-state index in [0.717, 1.165) is 18.7 Å². The third-order valence-electron chi connectivity index (χ3n) is 5.36. The summed E-state index contributed by atoms with van der Waals surface area (Å²) in [4.78, 5) is 27.7. The first-order chi connectivity index (χ1) is 12.6. The molecule has 3 N–H and O–H groups in total. The van der Waals surface area contributed by atoms with Crippen molar-refractivity contribution in [3.8, 4) is 0 Å². The molecule has 2 aliphatic rings. The van der Waals surface area contributed by atoms with E-state index in [1.807, 2.05) is 31.2 Å². The number of quaternary nitrogens is 1. The molecule has 0 saturated carbocycles. The first-order valence-electron chi connectivity index (χ1n) is 9.87. The van der Waals surface area contributed by atoms with E-state index in [1.54, 1.807) is 9.80 Å². The molecule has 0 spiro atoms. The van der Waals surface area contributed by atoms with Crippen molar-refractivity contribution in [1.82, 2.24) is 10.6 Å². The number of urea groups is 1. The molecule has 0 unspecified atom stereocenters. The average Bonchev–Trinajstić information content (AvgIpc) is 3.00. The lowest BCUT2D eigenvalue weighted by Crippen LogP contribution is -3.12. The Bertz CT molecular complexity index is 611. The maximum atomic E-state index is 12.2. The molecule has 1 aromatic carbocycles. The molecular formula is C20H31N4O2+. The monoisotopic (exact) mass is 359 g/mol. The van der Waals surface area contributed by atoms with Crippen molar-refractivity contribution in [1.29, 1.82) is 0 Å². The molecule has 0 aliphatic carbocycles. The van der Waals surface area contributed by atoms with E-state index in [-0.39, 0.29) is 18.0 Å². The van der Waals surface area contributed by atoms with Gasteiger partial charge in [0.05, 0.1) is 25.7 Å². The van der Waals surface area contributed by atoms with Gasteiger partial charge in [-0.3, -0.25) is 4.79 Å². The molecule has 6 heteroatoms. The second-order valence-corrected chi connectivity index (χ2v) is 7.56. The van der Waals surface area contributed by atoms with E-state index in [4.69, 9.17) is 0 Å². The van der Waals surface area contributed by atoms with Crippen LogP contribution < -0.4 is 20.4 Å². The van der Waals surface area contributed by atoms with Crippen molar-refractivity contribution in [2.45, 2.75) is 45.1 Å². The number of carbonyl (C=O) groups excluding carboxylic acids is 2. The van der Waals surface area contributed by atoms with Gasteiger partial charge < -0.3 is 20.4 Å². The largest absolute Gasteiger partial charge is 0.338 e. The molecule has 1 aromatic rings. The molecule has 0 bridgehead atoms. The van der Waals surface area contributed by atoms with Gasteiger partial charge in [-0.25, -0.2) is 4.79 Å². The molecule has 2 fully saturated rings. The number of piperidine rings is 1. The minimum Gasteiger partial charge on any atom is -0.338 e. The van der Waals surface area contributed by atoms with E-state index in [0.29, 0.717) is 19.5 Å². The standard InChI is InChI=1S/C20H30N4O2/c1-16-6-8-18(9-7-16)24-15-17(14-19(24)25)22-20(26)21-10-5-13-23-11-3-2-4-12-23/h6-9,17H,2-5,10-15H2,1H3,(H2,21,22,26)/p+1/t17-/m0/s1. The Balaban J connectivity index is 1.36. The highest BCUT2D eigenvalue weighted by molar-refractivity contribution is 5.96. The van der Waals surface area contributed by atoms with Gasteiger partial charge in [-0.05, 0) is 38.3 Å². The second kappa shape index (κ2) is 9.03. The summed E-state index contributed by atoms with van der Waals surface area (Å²) in [5.41, 5.74) is 2.07. The zero-order chi connectivity index (χ0) is 18.4. The zero-order valence-corrected chi connectivity index (χ0v) is 15.7. The smallest absolute Gasteiger partial charge is 0.315 e. The Morgan fingerprint density at radius 1 is 1.19 bits per heavy atom. The van der Waals surface area contributed by atoms with Crippen LogP contribution in [-0.2, 0) is 4.79 Å². The van der Waals surface area contributed by atoms with Crippen molar-refractivity contribution in [3.05, 3.63) is 29.8 Å². The van der Waals surface area contributed by atoms with Crippen LogP contribution >= 0.6 is 0 Å². The van der Waals surface area contributed by atoms with Gasteiger partial charge in [-0.15, -0.1) is 0 Å². The Labute approximate surface area is 155 Å². The average molecular weight is 359 g/mol. The number of likely N-dealkylation sites (tertiary alicyclic amines) is 1. The first kappa shape index (κ1) is 18.7. The van der Waals surface area contributed by atoms with Crippen LogP contribution in [0.25, 0.3) is 0 Å². The molecule has 3 amide bonds. The highest BCUT2D eigenvalue weighted by Crippen LogP contribution is 2.21. The predicted molar refractivity (Wildman–Crippen MR) is 103 cm³/mol. The van der Waals surface area contributed by atoms with Crippen LogP contribution in [0.4, 0.5) is 10.5 Å². The number of rotatable bonds is 6. The van der Waals surface area contributed by atoms with E-state index < -0.39 is 0 Å². The summed E-state index contributed by atoms with van der Waals surface area (Å²) in [6, 6.07) is 7.62. The lowest BCUT2D eigenvalue weighted by Gasteiger charge is -2.23. The van der Waals surface area contributed by atoms with Crippen molar-refractivity contribution in [3.63, 3.8) is 0 Å². The first-order valence-corrected chi connectivity index (χ1v) is 9.87. The number of nitrogens with one attached hydrogen (secondary N) is 3. The SMILES string of the molecule is Cc1ccc(N2C[C@@H](NC(=O)NCCC[NH+]3CCCCC3)CC2=O)cc1. The quantitative estimate of drug-likeness (QED) is 0.660. The van der Waals surface area contributed by atoms with Crippen LogP contribution in [0.2, 0.25) is 0 Å². The van der Waals surface area contributed by atoms with Crippen molar-refractivity contribution in [2.75, 3.05) is 37.6 Å². The Morgan fingerprint density at radius 3 is 2.65 bits per heavy atom. The maximum absolute atomic E-state index is 12.2. The number of aryl methyl sites for hydroxylation is 1. The lowest BCUT2D eigenvalue weighted by molar-refractivity contribution is -0.904. The van der Waals surface area contributed by atoms with Gasteiger partial charge in [0.15, 0.2) is 0 Å². The second-order valence-electron chi connectivity index (χ2n) is 7.56. The third-order valence-corrected chi connectivity index (χ3v) is 5.36. The summed E-state index contributed by atoms with van der Waals surface area (Å²) in [5.74, 6) is 0.0628. The molecule has 0 radical (unpaired) electrons. The predicted octanol–water partition coefficient (Wildman–Crippen LogP) is 0.858. The lowest BCUT2D eigenvalue weighted by atomic mass is 10.1. The zero-order valence-electron chi connectivity index (χ0n) is 15.7. The highest BCUT2D eigenvalue weighted by Gasteiger charge is 2.31. The van der Waals surface area contributed by atoms with Gasteiger partial charge in [0, 0.05) is 31.6 Å². The van der Waals surface area contributed by atoms with Crippen LogP contribution in [0.1, 0.15) is 37.7 Å². The minimum absolute atomic E-state index is 0.0628. The Morgan fingerprint density at radius 2 is 1.92 bits per heavy atom. The van der Waals surface area contributed by atoms with Crippen LogP contribution in [0, 0.1) is 6.92 Å². The Kier molecular flexibility index (Phi) is 6.50. The fourth-order valence-corrected chi connectivity index (χ4v) is 3.86. The summed E-state index contributed by atoms with van der Waals surface area (Å²) < 4.78 is 0. The topological polar surface area (TPSA) is 65.9 Å². The van der Waals surface area contributed by atoms with Crippen molar-refractivity contribution >= 4 is 17.6 Å². The summed E-state index contributed by atoms with van der Waals surface area (Å²) >= 11 is 0. The summed E-state index contributed by atoms with van der Waals surface area (Å²) in [6.45, 7) is 6.92. The van der Waals surface area contributed by atoms with Crippen LogP contribution in [0.15, 0.2) is 24.3 Å². The van der Waals surface area contributed by atoms with Gasteiger partial charge in [-0.2, -0.15) is 0 Å². The van der Waals surface area contributed by atoms with Gasteiger partial charge in [0.1, 0.15) is 0 Å². The molecule has 26 heavy (non-hydrogen) atoms. The number of hydrogen-bond donors (Lipinski definition) is 3. The molecule has 0 aromatic heterocycles. The third kappa shape index (κ3) is 5.21. The van der Waals surface area contributed by atoms with Crippen LogP contribution in [0.3, 0.4) is 0 Å². The molecular weight excluding hydrogens is 328 g/mol.